The van der Waals surface area contributed by atoms with E-state index in [0.717, 1.165) is 36.2 Å². The Bertz CT molecular complexity index is 574. The van der Waals surface area contributed by atoms with E-state index in [4.69, 9.17) is 0 Å². The highest BCUT2D eigenvalue weighted by molar-refractivity contribution is 5.97. The van der Waals surface area contributed by atoms with E-state index in [1.165, 1.54) is 0 Å². The Balaban J connectivity index is 1.84. The Morgan fingerprint density at radius 1 is 1.35 bits per heavy atom. The molecule has 2 N–H and O–H groups in total. The molecule has 0 unspecified atom stereocenters. The van der Waals surface area contributed by atoms with Gasteiger partial charge in [-0.1, -0.05) is 20.3 Å². The molecule has 1 aromatic rings. The van der Waals surface area contributed by atoms with Crippen LogP contribution in [0.3, 0.4) is 0 Å². The highest BCUT2D eigenvalue weighted by Crippen LogP contribution is 2.38. The maximum Gasteiger partial charge on any atom is 0.227 e. The van der Waals surface area contributed by atoms with Crippen LogP contribution in [0.1, 0.15) is 45.1 Å². The van der Waals surface area contributed by atoms with Gasteiger partial charge in [-0.15, -0.1) is 0 Å². The largest absolute Gasteiger partial charge is 0.326 e. The molecule has 2 aliphatic rings. The van der Waals surface area contributed by atoms with Gasteiger partial charge in [-0.25, -0.2) is 0 Å². The van der Waals surface area contributed by atoms with Gasteiger partial charge in [0.2, 0.25) is 11.8 Å². The van der Waals surface area contributed by atoms with E-state index < -0.39 is 0 Å². The number of nitrogens with one attached hydrogen (secondary N) is 2. The highest BCUT2D eigenvalue weighted by atomic mass is 16.2. The molecule has 0 aromatic heterocycles. The Morgan fingerprint density at radius 2 is 2.10 bits per heavy atom. The van der Waals surface area contributed by atoms with Gasteiger partial charge in [0.15, 0.2) is 0 Å². The van der Waals surface area contributed by atoms with Gasteiger partial charge in [-0.2, -0.15) is 0 Å². The van der Waals surface area contributed by atoms with Gasteiger partial charge in [-0.3, -0.25) is 9.59 Å². The summed E-state index contributed by atoms with van der Waals surface area (Å²) in [6, 6.07) is 5.73. The van der Waals surface area contributed by atoms with Crippen molar-refractivity contribution in [3.8, 4) is 0 Å². The van der Waals surface area contributed by atoms with Crippen molar-refractivity contribution in [1.82, 2.24) is 0 Å². The number of carbonyl (C=O) groups excluding carboxylic acids is 2. The molecule has 0 atom stereocenters. The lowest BCUT2D eigenvalue weighted by Gasteiger charge is -2.32. The number of benzene rings is 1. The zero-order chi connectivity index (χ0) is 14.3. The normalized spacial score (nSPS) is 20.6. The summed E-state index contributed by atoms with van der Waals surface area (Å²) in [4.78, 5) is 23.7. The van der Waals surface area contributed by atoms with Crippen LogP contribution in [0.5, 0.6) is 0 Å². The van der Waals surface area contributed by atoms with Crippen molar-refractivity contribution in [2.75, 3.05) is 10.6 Å². The number of amides is 2. The third kappa shape index (κ3) is 2.30. The van der Waals surface area contributed by atoms with Crippen LogP contribution >= 0.6 is 0 Å². The first-order valence-corrected chi connectivity index (χ1v) is 7.21. The van der Waals surface area contributed by atoms with Gasteiger partial charge in [0.25, 0.3) is 0 Å². The molecule has 2 amide bonds. The number of carbonyl (C=O) groups is 2. The smallest absolute Gasteiger partial charge is 0.227 e. The quantitative estimate of drug-likeness (QED) is 0.869. The topological polar surface area (TPSA) is 58.2 Å². The van der Waals surface area contributed by atoms with Crippen LogP contribution < -0.4 is 10.6 Å². The first kappa shape index (κ1) is 13.2. The van der Waals surface area contributed by atoms with E-state index in [9.17, 15) is 9.59 Å². The zero-order valence-electron chi connectivity index (χ0n) is 12.0. The summed E-state index contributed by atoms with van der Waals surface area (Å²) in [5, 5.41) is 5.88. The summed E-state index contributed by atoms with van der Waals surface area (Å²) in [5.41, 5.74) is 2.57. The van der Waals surface area contributed by atoms with E-state index in [1.54, 1.807) is 0 Å². The molecule has 1 aromatic carbocycles. The maximum absolute atomic E-state index is 12.0. The fourth-order valence-corrected chi connectivity index (χ4v) is 2.90. The second-order valence-corrected chi connectivity index (χ2v) is 6.49. The summed E-state index contributed by atoms with van der Waals surface area (Å²) >= 11 is 0. The third-order valence-electron chi connectivity index (χ3n) is 4.37. The second-order valence-electron chi connectivity index (χ2n) is 6.49. The second kappa shape index (κ2) is 4.62. The molecule has 4 heteroatoms. The van der Waals surface area contributed by atoms with Crippen molar-refractivity contribution in [2.24, 2.45) is 5.92 Å². The average molecular weight is 272 g/mol. The molecule has 4 nitrogen and oxygen atoms in total. The lowest BCUT2D eigenvalue weighted by molar-refractivity contribution is -0.122. The molecular weight excluding hydrogens is 252 g/mol. The fraction of sp³-hybridized carbons (Fsp3) is 0.500. The molecule has 0 spiro atoms. The molecule has 106 valence electrons. The van der Waals surface area contributed by atoms with Crippen LogP contribution in [0.2, 0.25) is 0 Å². The van der Waals surface area contributed by atoms with Gasteiger partial charge in [-0.05, 0) is 36.6 Å². The van der Waals surface area contributed by atoms with E-state index in [1.807, 2.05) is 18.2 Å². The number of fused-ring (bicyclic) bond motifs is 1. The predicted molar refractivity (Wildman–Crippen MR) is 78.7 cm³/mol. The minimum absolute atomic E-state index is 0.0498. The summed E-state index contributed by atoms with van der Waals surface area (Å²) in [6.07, 6.45) is 3.62. The molecule has 20 heavy (non-hydrogen) atoms. The van der Waals surface area contributed by atoms with Gasteiger partial charge in [0.05, 0.1) is 0 Å². The van der Waals surface area contributed by atoms with E-state index in [0.29, 0.717) is 6.42 Å². The first-order chi connectivity index (χ1) is 9.45. The van der Waals surface area contributed by atoms with Crippen LogP contribution in [-0.2, 0) is 15.0 Å². The molecule has 0 saturated heterocycles. The maximum atomic E-state index is 12.0. The molecule has 0 radical (unpaired) electrons. The fourth-order valence-electron chi connectivity index (χ4n) is 2.90. The Kier molecular flexibility index (Phi) is 3.04. The van der Waals surface area contributed by atoms with Crippen molar-refractivity contribution >= 4 is 23.2 Å². The molecule has 3 rings (SSSR count). The Labute approximate surface area is 118 Å². The van der Waals surface area contributed by atoms with Gasteiger partial charge in [0, 0.05) is 29.1 Å². The lowest BCUT2D eigenvalue weighted by Crippen LogP contribution is -2.33. The van der Waals surface area contributed by atoms with Crippen LogP contribution in [0.4, 0.5) is 11.4 Å². The van der Waals surface area contributed by atoms with Gasteiger partial charge < -0.3 is 10.6 Å². The standard InChI is InChI=1S/C16H20N2O2/c1-16(2)9-14(19)18-13-7-6-11(8-12(13)16)17-15(20)10-4-3-5-10/h6-8,10H,3-5,9H2,1-2H3,(H,17,20)(H,18,19). The molecule has 1 fully saturated rings. The van der Waals surface area contributed by atoms with Gasteiger partial charge in [0.1, 0.15) is 0 Å². The van der Waals surface area contributed by atoms with E-state index >= 15 is 0 Å². The number of anilines is 2. The van der Waals surface area contributed by atoms with Crippen molar-refractivity contribution in [2.45, 2.75) is 44.9 Å². The van der Waals surface area contributed by atoms with Crippen LogP contribution in [0, 0.1) is 5.92 Å². The Hall–Kier alpha value is -1.84. The molecule has 1 aliphatic heterocycles. The minimum Gasteiger partial charge on any atom is -0.326 e. The highest BCUT2D eigenvalue weighted by Gasteiger charge is 2.32. The van der Waals surface area contributed by atoms with Crippen molar-refractivity contribution < 1.29 is 9.59 Å². The van der Waals surface area contributed by atoms with E-state index in [-0.39, 0.29) is 23.1 Å². The van der Waals surface area contributed by atoms with Crippen molar-refractivity contribution in [1.29, 1.82) is 0 Å². The molecular formula is C16H20N2O2. The summed E-state index contributed by atoms with van der Waals surface area (Å²) in [7, 11) is 0. The van der Waals surface area contributed by atoms with Crippen LogP contribution in [0.15, 0.2) is 18.2 Å². The SMILES string of the molecule is CC1(C)CC(=O)Nc2ccc(NC(=O)C3CCC3)cc21. The number of rotatable bonds is 2. The van der Waals surface area contributed by atoms with Gasteiger partial charge >= 0.3 is 0 Å². The monoisotopic (exact) mass is 272 g/mol. The summed E-state index contributed by atoms with van der Waals surface area (Å²) in [5.74, 6) is 0.348. The van der Waals surface area contributed by atoms with E-state index in [2.05, 4.69) is 24.5 Å². The number of hydrogen-bond acceptors (Lipinski definition) is 2. The third-order valence-corrected chi connectivity index (χ3v) is 4.37. The number of hydrogen-bond donors (Lipinski definition) is 2. The Morgan fingerprint density at radius 3 is 2.75 bits per heavy atom. The van der Waals surface area contributed by atoms with Crippen LogP contribution in [0.25, 0.3) is 0 Å². The molecule has 1 heterocycles. The molecule has 0 bridgehead atoms. The zero-order valence-corrected chi connectivity index (χ0v) is 12.0. The molecule has 1 aliphatic carbocycles. The van der Waals surface area contributed by atoms with Crippen molar-refractivity contribution in [3.05, 3.63) is 23.8 Å². The summed E-state index contributed by atoms with van der Waals surface area (Å²) < 4.78 is 0. The minimum atomic E-state index is -0.200. The van der Waals surface area contributed by atoms with Crippen LogP contribution in [-0.4, -0.2) is 11.8 Å². The first-order valence-electron chi connectivity index (χ1n) is 7.21. The summed E-state index contributed by atoms with van der Waals surface area (Å²) in [6.45, 7) is 4.12. The van der Waals surface area contributed by atoms with Crippen molar-refractivity contribution in [3.63, 3.8) is 0 Å². The molecule has 1 saturated carbocycles. The lowest BCUT2D eigenvalue weighted by atomic mass is 9.78. The predicted octanol–water partition coefficient (Wildman–Crippen LogP) is 3.05. The average Bonchev–Trinajstić information content (AvgIpc) is 2.26.